The van der Waals surface area contributed by atoms with Crippen molar-refractivity contribution < 1.29 is 14.3 Å². The number of nitrogens with zero attached hydrogens (tertiary/aromatic N) is 2. The highest BCUT2D eigenvalue weighted by molar-refractivity contribution is 9.10. The van der Waals surface area contributed by atoms with Gasteiger partial charge in [-0.3, -0.25) is 0 Å². The minimum atomic E-state index is -1.08. The maximum Gasteiger partial charge on any atom is 0.356 e. The van der Waals surface area contributed by atoms with Crippen molar-refractivity contribution in [2.24, 2.45) is 0 Å². The van der Waals surface area contributed by atoms with E-state index in [0.717, 1.165) is 5.69 Å². The number of aryl methyl sites for hydroxylation is 1. The summed E-state index contributed by atoms with van der Waals surface area (Å²) in [5.74, 6) is -1.45. The van der Waals surface area contributed by atoms with Gasteiger partial charge in [-0.25, -0.2) is 13.9 Å². The molecule has 1 aromatic heterocycles. The molecule has 6 heteroatoms. The van der Waals surface area contributed by atoms with Crippen LogP contribution in [0.25, 0.3) is 5.69 Å². The Kier molecular flexibility index (Phi) is 3.47. The van der Waals surface area contributed by atoms with Gasteiger partial charge in [-0.15, -0.1) is 0 Å². The standard InChI is InChI=1S/C12H10BrFN2O2/c1-2-7-6-11(12(17)18)15-16(7)8-3-4-10(14)9(13)5-8/h3-6H,2H2,1H3,(H,17,18). The van der Waals surface area contributed by atoms with E-state index in [-0.39, 0.29) is 11.5 Å². The van der Waals surface area contributed by atoms with Crippen LogP contribution in [0.3, 0.4) is 0 Å². The van der Waals surface area contributed by atoms with E-state index >= 15 is 0 Å². The second kappa shape index (κ2) is 4.89. The number of halogens is 2. The van der Waals surface area contributed by atoms with Crippen molar-refractivity contribution in [1.82, 2.24) is 9.78 Å². The number of benzene rings is 1. The number of rotatable bonds is 3. The van der Waals surface area contributed by atoms with E-state index in [2.05, 4.69) is 21.0 Å². The monoisotopic (exact) mass is 312 g/mol. The molecule has 0 unspecified atom stereocenters. The molecule has 0 aliphatic rings. The van der Waals surface area contributed by atoms with E-state index in [4.69, 9.17) is 5.11 Å². The van der Waals surface area contributed by atoms with Crippen molar-refractivity contribution >= 4 is 21.9 Å². The molecule has 0 amide bonds. The van der Waals surface area contributed by atoms with Gasteiger partial charge >= 0.3 is 5.97 Å². The van der Waals surface area contributed by atoms with Gasteiger partial charge in [-0.05, 0) is 46.6 Å². The smallest absolute Gasteiger partial charge is 0.356 e. The molecule has 0 fully saturated rings. The van der Waals surface area contributed by atoms with Crippen LogP contribution in [0.5, 0.6) is 0 Å². The Morgan fingerprint density at radius 1 is 1.50 bits per heavy atom. The predicted octanol–water partition coefficient (Wildman–Crippen LogP) is 3.03. The van der Waals surface area contributed by atoms with Gasteiger partial charge in [0.2, 0.25) is 0 Å². The molecule has 0 aliphatic carbocycles. The number of carboxylic acids is 1. The lowest BCUT2D eigenvalue weighted by Crippen LogP contribution is -2.03. The molecule has 0 radical (unpaired) electrons. The van der Waals surface area contributed by atoms with Gasteiger partial charge < -0.3 is 5.11 Å². The van der Waals surface area contributed by atoms with Crippen LogP contribution in [-0.4, -0.2) is 20.9 Å². The molecule has 1 N–H and O–H groups in total. The molecule has 94 valence electrons. The first kappa shape index (κ1) is 12.8. The number of hydrogen-bond acceptors (Lipinski definition) is 2. The molecular weight excluding hydrogens is 303 g/mol. The van der Waals surface area contributed by atoms with Crippen molar-refractivity contribution in [2.45, 2.75) is 13.3 Å². The summed E-state index contributed by atoms with van der Waals surface area (Å²) in [6, 6.07) is 5.94. The summed E-state index contributed by atoms with van der Waals surface area (Å²) in [6.07, 6.45) is 0.634. The first-order chi connectivity index (χ1) is 8.52. The van der Waals surface area contributed by atoms with Crippen LogP contribution in [0, 0.1) is 5.82 Å². The third-order valence-electron chi connectivity index (χ3n) is 2.51. The lowest BCUT2D eigenvalue weighted by atomic mass is 10.2. The van der Waals surface area contributed by atoms with E-state index in [1.807, 2.05) is 6.92 Å². The summed E-state index contributed by atoms with van der Waals surface area (Å²) in [5, 5.41) is 12.9. The first-order valence-electron chi connectivity index (χ1n) is 5.30. The summed E-state index contributed by atoms with van der Waals surface area (Å²) in [4.78, 5) is 10.9. The van der Waals surface area contributed by atoms with Crippen molar-refractivity contribution in [3.8, 4) is 5.69 Å². The van der Waals surface area contributed by atoms with Gasteiger partial charge in [0, 0.05) is 5.69 Å². The molecule has 2 aromatic rings. The zero-order valence-electron chi connectivity index (χ0n) is 9.52. The van der Waals surface area contributed by atoms with Crippen molar-refractivity contribution in [2.75, 3.05) is 0 Å². The summed E-state index contributed by atoms with van der Waals surface area (Å²) in [5.41, 5.74) is 1.35. The summed E-state index contributed by atoms with van der Waals surface area (Å²) in [6.45, 7) is 1.90. The molecule has 0 aliphatic heterocycles. The van der Waals surface area contributed by atoms with E-state index < -0.39 is 5.97 Å². The SMILES string of the molecule is CCc1cc(C(=O)O)nn1-c1ccc(F)c(Br)c1. The van der Waals surface area contributed by atoms with E-state index in [1.54, 1.807) is 12.1 Å². The Bertz CT molecular complexity index is 610. The minimum absolute atomic E-state index is 0.0210. The van der Waals surface area contributed by atoms with Gasteiger partial charge in [0.1, 0.15) is 5.82 Å². The third kappa shape index (κ3) is 2.28. The van der Waals surface area contributed by atoms with Crippen LogP contribution < -0.4 is 0 Å². The van der Waals surface area contributed by atoms with Crippen LogP contribution >= 0.6 is 15.9 Å². The van der Waals surface area contributed by atoms with E-state index in [0.29, 0.717) is 16.6 Å². The zero-order valence-corrected chi connectivity index (χ0v) is 11.1. The Hall–Kier alpha value is -1.69. The van der Waals surface area contributed by atoms with Crippen molar-refractivity contribution in [3.05, 3.63) is 45.9 Å². The third-order valence-corrected chi connectivity index (χ3v) is 3.12. The fourth-order valence-corrected chi connectivity index (χ4v) is 1.98. The summed E-state index contributed by atoms with van der Waals surface area (Å²) >= 11 is 3.09. The topological polar surface area (TPSA) is 55.1 Å². The minimum Gasteiger partial charge on any atom is -0.476 e. The Labute approximate surface area is 111 Å². The molecule has 18 heavy (non-hydrogen) atoms. The van der Waals surface area contributed by atoms with Crippen LogP contribution in [0.4, 0.5) is 4.39 Å². The second-order valence-corrected chi connectivity index (χ2v) is 4.54. The number of carbonyl (C=O) groups is 1. The average Bonchev–Trinajstić information content (AvgIpc) is 2.77. The van der Waals surface area contributed by atoms with Gasteiger partial charge in [-0.1, -0.05) is 6.92 Å². The molecule has 2 rings (SSSR count). The lowest BCUT2D eigenvalue weighted by molar-refractivity contribution is 0.0690. The highest BCUT2D eigenvalue weighted by Crippen LogP contribution is 2.21. The number of carboxylic acid groups (broad SMARTS) is 1. The lowest BCUT2D eigenvalue weighted by Gasteiger charge is -2.06. The Morgan fingerprint density at radius 3 is 2.78 bits per heavy atom. The van der Waals surface area contributed by atoms with Crippen LogP contribution in [-0.2, 0) is 6.42 Å². The van der Waals surface area contributed by atoms with Crippen molar-refractivity contribution in [3.63, 3.8) is 0 Å². The molecule has 1 heterocycles. The molecule has 0 saturated carbocycles. The number of hydrogen-bond donors (Lipinski definition) is 1. The number of aromatic carboxylic acids is 1. The van der Waals surface area contributed by atoms with Gasteiger partial charge in [0.15, 0.2) is 5.69 Å². The Morgan fingerprint density at radius 2 is 2.22 bits per heavy atom. The van der Waals surface area contributed by atoms with Crippen LogP contribution in [0.2, 0.25) is 0 Å². The van der Waals surface area contributed by atoms with Crippen LogP contribution in [0.15, 0.2) is 28.7 Å². The maximum absolute atomic E-state index is 13.2. The van der Waals surface area contributed by atoms with E-state index in [1.165, 1.54) is 16.8 Å². The largest absolute Gasteiger partial charge is 0.476 e. The molecule has 0 atom stereocenters. The number of aromatic nitrogens is 2. The fraction of sp³-hybridized carbons (Fsp3) is 0.167. The molecule has 0 saturated heterocycles. The quantitative estimate of drug-likeness (QED) is 0.947. The highest BCUT2D eigenvalue weighted by atomic mass is 79.9. The molecule has 0 spiro atoms. The maximum atomic E-state index is 13.2. The first-order valence-corrected chi connectivity index (χ1v) is 6.10. The average molecular weight is 313 g/mol. The molecule has 1 aromatic carbocycles. The Balaban J connectivity index is 2.55. The van der Waals surface area contributed by atoms with Gasteiger partial charge in [-0.2, -0.15) is 5.10 Å². The van der Waals surface area contributed by atoms with Crippen LogP contribution in [0.1, 0.15) is 23.1 Å². The second-order valence-electron chi connectivity index (χ2n) is 3.69. The van der Waals surface area contributed by atoms with E-state index in [9.17, 15) is 9.18 Å². The fourth-order valence-electron chi connectivity index (χ4n) is 1.62. The normalized spacial score (nSPS) is 10.6. The van der Waals surface area contributed by atoms with Crippen molar-refractivity contribution in [1.29, 1.82) is 0 Å². The van der Waals surface area contributed by atoms with Gasteiger partial charge in [0.25, 0.3) is 0 Å². The summed E-state index contributed by atoms with van der Waals surface area (Å²) < 4.78 is 15.0. The predicted molar refractivity (Wildman–Crippen MR) is 67.6 cm³/mol. The summed E-state index contributed by atoms with van der Waals surface area (Å²) in [7, 11) is 0. The molecular formula is C12H10BrFN2O2. The molecule has 4 nitrogen and oxygen atoms in total. The molecule has 0 bridgehead atoms. The highest BCUT2D eigenvalue weighted by Gasteiger charge is 2.14. The zero-order chi connectivity index (χ0) is 13.3. The van der Waals surface area contributed by atoms with Gasteiger partial charge in [0.05, 0.1) is 10.2 Å².